The van der Waals surface area contributed by atoms with E-state index in [1.165, 1.54) is 37.8 Å². The Morgan fingerprint density at radius 3 is 2.48 bits per heavy atom. The van der Waals surface area contributed by atoms with Gasteiger partial charge in [-0.3, -0.25) is 0 Å². The fourth-order valence-corrected chi connectivity index (χ4v) is 3.59. The van der Waals surface area contributed by atoms with Crippen molar-refractivity contribution in [1.82, 2.24) is 0 Å². The number of alkyl halides is 2. The molecule has 1 aromatic rings. The van der Waals surface area contributed by atoms with E-state index in [0.717, 1.165) is 18.2 Å². The number of rotatable bonds is 5. The van der Waals surface area contributed by atoms with Gasteiger partial charge in [0.25, 0.3) is 0 Å². The van der Waals surface area contributed by atoms with Crippen LogP contribution in [0.15, 0.2) is 29.2 Å². The molecule has 0 saturated heterocycles. The van der Waals surface area contributed by atoms with Crippen molar-refractivity contribution in [3.63, 3.8) is 0 Å². The Kier molecular flexibility index (Phi) is 5.19. The summed E-state index contributed by atoms with van der Waals surface area (Å²) in [6, 6.07) is 5.55. The van der Waals surface area contributed by atoms with Crippen molar-refractivity contribution in [3.05, 3.63) is 24.3 Å². The molecular formula is C15H21F2NO2S. The molecular weight excluding hydrogens is 296 g/mol. The maximum absolute atomic E-state index is 12.4. The second kappa shape index (κ2) is 6.73. The van der Waals surface area contributed by atoms with E-state index < -0.39 is 15.6 Å². The van der Waals surface area contributed by atoms with Crippen molar-refractivity contribution < 1.29 is 17.2 Å². The molecule has 0 radical (unpaired) electrons. The Balaban J connectivity index is 1.94. The van der Waals surface area contributed by atoms with Crippen molar-refractivity contribution in [1.29, 1.82) is 0 Å². The maximum Gasteiger partial charge on any atom is 0.341 e. The van der Waals surface area contributed by atoms with Crippen LogP contribution in [0.4, 0.5) is 14.5 Å². The Labute approximate surface area is 124 Å². The average molecular weight is 317 g/mol. The molecule has 2 rings (SSSR count). The molecule has 1 N–H and O–H groups in total. The molecule has 1 aliphatic carbocycles. The standard InChI is InChI=1S/C15H21F2NO2S/c1-11-3-2-4-12(9-11)10-18-13-5-7-14(8-6-13)21(19,20)15(16)17/h5-8,11-12,15,18H,2-4,9-10H2,1H3. The third kappa shape index (κ3) is 4.15. The lowest BCUT2D eigenvalue weighted by Gasteiger charge is -2.27. The number of benzene rings is 1. The zero-order valence-electron chi connectivity index (χ0n) is 12.1. The van der Waals surface area contributed by atoms with E-state index in [2.05, 4.69) is 12.2 Å². The van der Waals surface area contributed by atoms with E-state index in [1.54, 1.807) is 12.1 Å². The Hall–Kier alpha value is -1.17. The third-order valence-corrected chi connectivity index (χ3v) is 5.46. The van der Waals surface area contributed by atoms with Gasteiger partial charge in [0.15, 0.2) is 0 Å². The van der Waals surface area contributed by atoms with Gasteiger partial charge in [-0.2, -0.15) is 8.78 Å². The van der Waals surface area contributed by atoms with Crippen LogP contribution in [-0.2, 0) is 9.84 Å². The van der Waals surface area contributed by atoms with E-state index in [4.69, 9.17) is 0 Å². The minimum atomic E-state index is -4.50. The van der Waals surface area contributed by atoms with Crippen LogP contribution in [0.1, 0.15) is 32.6 Å². The molecule has 0 heterocycles. The molecule has 0 amide bonds. The normalized spacial score (nSPS) is 23.2. The van der Waals surface area contributed by atoms with Crippen LogP contribution in [0.2, 0.25) is 0 Å². The highest BCUT2D eigenvalue weighted by molar-refractivity contribution is 7.91. The SMILES string of the molecule is CC1CCCC(CNc2ccc(S(=O)(=O)C(F)F)cc2)C1. The number of sulfone groups is 1. The lowest BCUT2D eigenvalue weighted by atomic mass is 9.82. The van der Waals surface area contributed by atoms with Gasteiger partial charge in [0.05, 0.1) is 4.90 Å². The van der Waals surface area contributed by atoms with Crippen LogP contribution in [0.5, 0.6) is 0 Å². The molecule has 1 saturated carbocycles. The summed E-state index contributed by atoms with van der Waals surface area (Å²) in [7, 11) is -4.50. The predicted molar refractivity (Wildman–Crippen MR) is 79.2 cm³/mol. The monoisotopic (exact) mass is 317 g/mol. The molecule has 0 aromatic heterocycles. The smallest absolute Gasteiger partial charge is 0.341 e. The molecule has 3 nitrogen and oxygen atoms in total. The summed E-state index contributed by atoms with van der Waals surface area (Å²) < 4.78 is 47.5. The van der Waals surface area contributed by atoms with Gasteiger partial charge in [-0.05, 0) is 48.9 Å². The highest BCUT2D eigenvalue weighted by Gasteiger charge is 2.26. The predicted octanol–water partition coefficient (Wildman–Crippen LogP) is 3.92. The number of hydrogen-bond acceptors (Lipinski definition) is 3. The summed E-state index contributed by atoms with van der Waals surface area (Å²) in [6.45, 7) is 3.10. The van der Waals surface area contributed by atoms with Crippen molar-refractivity contribution in [2.24, 2.45) is 11.8 Å². The van der Waals surface area contributed by atoms with Gasteiger partial charge >= 0.3 is 5.76 Å². The van der Waals surface area contributed by atoms with E-state index in [9.17, 15) is 17.2 Å². The van der Waals surface area contributed by atoms with Crippen LogP contribution in [0.25, 0.3) is 0 Å². The highest BCUT2D eigenvalue weighted by Crippen LogP contribution is 2.29. The quantitative estimate of drug-likeness (QED) is 0.895. The number of anilines is 1. The number of nitrogens with one attached hydrogen (secondary N) is 1. The minimum absolute atomic E-state index is 0.339. The molecule has 2 atom stereocenters. The lowest BCUT2D eigenvalue weighted by Crippen LogP contribution is -2.21. The summed E-state index contributed by atoms with van der Waals surface area (Å²) in [5.41, 5.74) is 0.765. The Morgan fingerprint density at radius 1 is 1.24 bits per heavy atom. The van der Waals surface area contributed by atoms with Gasteiger partial charge in [-0.15, -0.1) is 0 Å². The third-order valence-electron chi connectivity index (χ3n) is 4.06. The molecule has 1 fully saturated rings. The first-order valence-corrected chi connectivity index (χ1v) is 8.80. The van der Waals surface area contributed by atoms with Gasteiger partial charge in [0.2, 0.25) is 9.84 Å². The first-order valence-electron chi connectivity index (χ1n) is 7.25. The van der Waals surface area contributed by atoms with Gasteiger partial charge < -0.3 is 5.32 Å². The zero-order chi connectivity index (χ0) is 15.5. The second-order valence-electron chi connectivity index (χ2n) is 5.85. The maximum atomic E-state index is 12.4. The summed E-state index contributed by atoms with van der Waals surface area (Å²) in [5.74, 6) is -2.00. The molecule has 118 valence electrons. The van der Waals surface area contributed by atoms with Crippen molar-refractivity contribution in [3.8, 4) is 0 Å². The first-order chi connectivity index (χ1) is 9.89. The molecule has 1 aliphatic rings. The van der Waals surface area contributed by atoms with Crippen molar-refractivity contribution in [2.75, 3.05) is 11.9 Å². The van der Waals surface area contributed by atoms with Gasteiger partial charge in [-0.25, -0.2) is 8.42 Å². The van der Waals surface area contributed by atoms with Gasteiger partial charge in [0.1, 0.15) is 0 Å². The minimum Gasteiger partial charge on any atom is -0.385 e. The van der Waals surface area contributed by atoms with Crippen LogP contribution >= 0.6 is 0 Å². The second-order valence-corrected chi connectivity index (χ2v) is 7.77. The molecule has 0 aliphatic heterocycles. The first kappa shape index (κ1) is 16.2. The summed E-state index contributed by atoms with van der Waals surface area (Å²) in [5, 5.41) is 3.26. The van der Waals surface area contributed by atoms with Crippen LogP contribution in [-0.4, -0.2) is 20.7 Å². The van der Waals surface area contributed by atoms with Crippen LogP contribution < -0.4 is 5.32 Å². The zero-order valence-corrected chi connectivity index (χ0v) is 12.9. The Bertz CT molecular complexity index is 558. The molecule has 0 bridgehead atoms. The largest absolute Gasteiger partial charge is 0.385 e. The molecule has 6 heteroatoms. The van der Waals surface area contributed by atoms with Crippen LogP contribution in [0, 0.1) is 11.8 Å². The van der Waals surface area contributed by atoms with E-state index in [-0.39, 0.29) is 4.90 Å². The topological polar surface area (TPSA) is 46.2 Å². The summed E-state index contributed by atoms with van der Waals surface area (Å²) in [6.07, 6.45) is 4.94. The Morgan fingerprint density at radius 2 is 1.90 bits per heavy atom. The fraction of sp³-hybridized carbons (Fsp3) is 0.600. The van der Waals surface area contributed by atoms with E-state index >= 15 is 0 Å². The summed E-state index contributed by atoms with van der Waals surface area (Å²) >= 11 is 0. The fourth-order valence-electron chi connectivity index (χ4n) is 2.87. The average Bonchev–Trinajstić information content (AvgIpc) is 2.45. The van der Waals surface area contributed by atoms with E-state index in [0.29, 0.717) is 5.92 Å². The van der Waals surface area contributed by atoms with E-state index in [1.807, 2.05) is 0 Å². The van der Waals surface area contributed by atoms with Crippen molar-refractivity contribution >= 4 is 15.5 Å². The van der Waals surface area contributed by atoms with Gasteiger partial charge in [-0.1, -0.05) is 19.8 Å². The summed E-state index contributed by atoms with van der Waals surface area (Å²) in [4.78, 5) is -0.339. The van der Waals surface area contributed by atoms with Crippen LogP contribution in [0.3, 0.4) is 0 Å². The highest BCUT2D eigenvalue weighted by atomic mass is 32.2. The molecule has 21 heavy (non-hydrogen) atoms. The molecule has 2 unspecified atom stereocenters. The number of hydrogen-bond donors (Lipinski definition) is 1. The van der Waals surface area contributed by atoms with Crippen molar-refractivity contribution in [2.45, 2.75) is 43.3 Å². The lowest BCUT2D eigenvalue weighted by molar-refractivity contribution is 0.234. The van der Waals surface area contributed by atoms with Gasteiger partial charge in [0, 0.05) is 12.2 Å². The number of halogens is 2. The molecule has 0 spiro atoms. The molecule has 1 aromatic carbocycles.